The summed E-state index contributed by atoms with van der Waals surface area (Å²) < 4.78 is 13.0. The van der Waals surface area contributed by atoms with E-state index >= 15 is 0 Å². The minimum absolute atomic E-state index is 0.0671. The van der Waals surface area contributed by atoms with Crippen LogP contribution < -0.4 is 5.32 Å². The topological polar surface area (TPSA) is 88.1 Å². The van der Waals surface area contributed by atoms with Gasteiger partial charge in [-0.2, -0.15) is 0 Å². The summed E-state index contributed by atoms with van der Waals surface area (Å²) in [4.78, 5) is 40.2. The van der Waals surface area contributed by atoms with Crippen LogP contribution in [0.2, 0.25) is 0 Å². The number of aryl methyl sites for hydroxylation is 2. The van der Waals surface area contributed by atoms with Crippen molar-refractivity contribution in [1.29, 1.82) is 0 Å². The quantitative estimate of drug-likeness (QED) is 0.674. The number of benzene rings is 1. The summed E-state index contributed by atoms with van der Waals surface area (Å²) >= 11 is 0. The number of hydrogen-bond donors (Lipinski definition) is 1. The molecule has 0 saturated carbocycles. The summed E-state index contributed by atoms with van der Waals surface area (Å²) in [5.74, 6) is -0.00977. The van der Waals surface area contributed by atoms with E-state index in [-0.39, 0.29) is 23.5 Å². The second-order valence-corrected chi connectivity index (χ2v) is 7.94. The number of rotatable bonds is 4. The third-order valence-corrected chi connectivity index (χ3v) is 5.61. The van der Waals surface area contributed by atoms with Crippen LogP contribution in [0, 0.1) is 19.7 Å². The molecule has 0 bridgehead atoms. The molecular formula is C24H24FN5O2. The fraction of sp³-hybridized carbons (Fsp3) is 0.292. The number of anilines is 1. The van der Waals surface area contributed by atoms with E-state index in [1.165, 1.54) is 30.5 Å². The van der Waals surface area contributed by atoms with E-state index in [4.69, 9.17) is 0 Å². The van der Waals surface area contributed by atoms with E-state index in [1.807, 2.05) is 17.9 Å². The molecule has 1 fully saturated rings. The maximum absolute atomic E-state index is 13.0. The van der Waals surface area contributed by atoms with Crippen LogP contribution in [0.25, 0.3) is 0 Å². The van der Waals surface area contributed by atoms with Crippen molar-refractivity contribution in [2.75, 3.05) is 18.4 Å². The van der Waals surface area contributed by atoms with E-state index in [1.54, 1.807) is 19.2 Å². The van der Waals surface area contributed by atoms with Gasteiger partial charge in [-0.1, -0.05) is 0 Å². The number of hydrogen-bond acceptors (Lipinski definition) is 5. The average Bonchev–Trinajstić information content (AvgIpc) is 2.80. The standard InChI is InChI=1S/C24H24FN5O2/c1-15-21(13-26-16(2)28-15)24(32)30-11-3-4-18(14-30)22-10-5-17(12-27-22)23(31)29-20-8-6-19(25)7-9-20/h5-10,12-13,18H,3-4,11,14H2,1-2H3,(H,29,31). The minimum Gasteiger partial charge on any atom is -0.338 e. The predicted molar refractivity (Wildman–Crippen MR) is 118 cm³/mol. The van der Waals surface area contributed by atoms with Gasteiger partial charge in [0.15, 0.2) is 0 Å². The number of nitrogens with zero attached hydrogens (tertiary/aromatic N) is 4. The van der Waals surface area contributed by atoms with Crippen LogP contribution in [-0.4, -0.2) is 44.8 Å². The molecule has 3 aromatic rings. The zero-order valence-electron chi connectivity index (χ0n) is 18.0. The SMILES string of the molecule is Cc1ncc(C(=O)N2CCCC(c3ccc(C(=O)Nc4ccc(F)cc4)cn3)C2)c(C)n1. The smallest absolute Gasteiger partial charge is 0.257 e. The highest BCUT2D eigenvalue weighted by Gasteiger charge is 2.27. The molecule has 0 spiro atoms. The first kappa shape index (κ1) is 21.5. The molecule has 2 aromatic heterocycles. The minimum atomic E-state index is -0.362. The first-order chi connectivity index (χ1) is 15.4. The Bertz CT molecular complexity index is 1130. The van der Waals surface area contributed by atoms with Crippen molar-refractivity contribution in [3.05, 3.63) is 82.9 Å². The first-order valence-corrected chi connectivity index (χ1v) is 10.5. The number of nitrogens with one attached hydrogen (secondary N) is 1. The van der Waals surface area contributed by atoms with Crippen molar-refractivity contribution in [1.82, 2.24) is 19.9 Å². The normalized spacial score (nSPS) is 16.0. The summed E-state index contributed by atoms with van der Waals surface area (Å²) in [5, 5.41) is 2.72. The highest BCUT2D eigenvalue weighted by atomic mass is 19.1. The maximum Gasteiger partial charge on any atom is 0.257 e. The lowest BCUT2D eigenvalue weighted by atomic mass is 9.93. The van der Waals surface area contributed by atoms with Crippen molar-refractivity contribution < 1.29 is 14.0 Å². The number of likely N-dealkylation sites (tertiary alicyclic amines) is 1. The van der Waals surface area contributed by atoms with Crippen LogP contribution in [0.3, 0.4) is 0 Å². The molecule has 1 aromatic carbocycles. The van der Waals surface area contributed by atoms with E-state index in [0.29, 0.717) is 41.4 Å². The van der Waals surface area contributed by atoms with Crippen LogP contribution in [-0.2, 0) is 0 Å². The van der Waals surface area contributed by atoms with Gasteiger partial charge in [0.2, 0.25) is 0 Å². The van der Waals surface area contributed by atoms with Gasteiger partial charge in [-0.25, -0.2) is 14.4 Å². The van der Waals surface area contributed by atoms with Gasteiger partial charge in [-0.15, -0.1) is 0 Å². The lowest BCUT2D eigenvalue weighted by Gasteiger charge is -2.32. The monoisotopic (exact) mass is 433 g/mol. The Labute approximate surface area is 185 Å². The van der Waals surface area contributed by atoms with Gasteiger partial charge in [-0.3, -0.25) is 14.6 Å². The maximum atomic E-state index is 13.0. The number of piperidine rings is 1. The molecule has 0 aliphatic carbocycles. The molecule has 7 nitrogen and oxygen atoms in total. The molecule has 1 N–H and O–H groups in total. The Kier molecular flexibility index (Phi) is 6.20. The Hall–Kier alpha value is -3.68. The Morgan fingerprint density at radius 3 is 2.53 bits per heavy atom. The first-order valence-electron chi connectivity index (χ1n) is 10.5. The summed E-state index contributed by atoms with van der Waals surface area (Å²) in [6, 6.07) is 9.14. The molecule has 32 heavy (non-hydrogen) atoms. The van der Waals surface area contributed by atoms with E-state index in [2.05, 4.69) is 20.3 Å². The average molecular weight is 433 g/mol. The molecule has 3 heterocycles. The summed E-state index contributed by atoms with van der Waals surface area (Å²) in [6.07, 6.45) is 4.92. The van der Waals surface area contributed by atoms with Gasteiger partial charge < -0.3 is 10.2 Å². The van der Waals surface area contributed by atoms with Crippen LogP contribution in [0.5, 0.6) is 0 Å². The Balaban J connectivity index is 1.42. The van der Waals surface area contributed by atoms with Gasteiger partial charge >= 0.3 is 0 Å². The molecule has 1 saturated heterocycles. The Morgan fingerprint density at radius 2 is 1.84 bits per heavy atom. The summed E-state index contributed by atoms with van der Waals surface area (Å²) in [7, 11) is 0. The number of aromatic nitrogens is 3. The number of amides is 2. The summed E-state index contributed by atoms with van der Waals surface area (Å²) in [6.45, 7) is 4.86. The van der Waals surface area contributed by atoms with Crippen molar-refractivity contribution in [2.45, 2.75) is 32.6 Å². The molecule has 1 aliphatic heterocycles. The van der Waals surface area contributed by atoms with E-state index in [9.17, 15) is 14.0 Å². The van der Waals surface area contributed by atoms with Crippen LogP contribution in [0.4, 0.5) is 10.1 Å². The lowest BCUT2D eigenvalue weighted by Crippen LogP contribution is -2.39. The second-order valence-electron chi connectivity index (χ2n) is 7.94. The molecule has 1 aliphatic rings. The number of carbonyl (C=O) groups is 2. The van der Waals surface area contributed by atoms with Crippen LogP contribution in [0.15, 0.2) is 48.8 Å². The van der Waals surface area contributed by atoms with Crippen LogP contribution >= 0.6 is 0 Å². The van der Waals surface area contributed by atoms with Crippen molar-refractivity contribution in [3.8, 4) is 0 Å². The zero-order valence-corrected chi connectivity index (χ0v) is 18.0. The molecule has 1 unspecified atom stereocenters. The van der Waals surface area contributed by atoms with E-state index < -0.39 is 0 Å². The van der Waals surface area contributed by atoms with Gasteiger partial charge in [-0.05, 0) is 63.1 Å². The third-order valence-electron chi connectivity index (χ3n) is 5.61. The molecule has 4 rings (SSSR count). The number of pyridine rings is 1. The highest BCUT2D eigenvalue weighted by Crippen LogP contribution is 2.27. The van der Waals surface area contributed by atoms with Gasteiger partial charge in [0.1, 0.15) is 11.6 Å². The highest BCUT2D eigenvalue weighted by molar-refractivity contribution is 6.04. The molecule has 0 radical (unpaired) electrons. The fourth-order valence-electron chi connectivity index (χ4n) is 3.88. The number of carbonyl (C=O) groups excluding carboxylic acids is 2. The predicted octanol–water partition coefficient (Wildman–Crippen LogP) is 3.90. The zero-order chi connectivity index (χ0) is 22.7. The van der Waals surface area contributed by atoms with Crippen molar-refractivity contribution >= 4 is 17.5 Å². The van der Waals surface area contributed by atoms with E-state index in [0.717, 1.165) is 18.5 Å². The lowest BCUT2D eigenvalue weighted by molar-refractivity contribution is 0.0704. The second kappa shape index (κ2) is 9.21. The van der Waals surface area contributed by atoms with Crippen molar-refractivity contribution in [2.24, 2.45) is 0 Å². The van der Waals surface area contributed by atoms with Gasteiger partial charge in [0.05, 0.1) is 16.8 Å². The molecule has 2 amide bonds. The van der Waals surface area contributed by atoms with Gasteiger partial charge in [0, 0.05) is 42.8 Å². The molecule has 8 heteroatoms. The third kappa shape index (κ3) is 4.80. The molecule has 164 valence electrons. The largest absolute Gasteiger partial charge is 0.338 e. The molecule has 1 atom stereocenters. The molecular weight excluding hydrogens is 409 g/mol. The van der Waals surface area contributed by atoms with Crippen LogP contribution in [0.1, 0.15) is 56.7 Å². The van der Waals surface area contributed by atoms with Gasteiger partial charge in [0.25, 0.3) is 11.8 Å². The van der Waals surface area contributed by atoms with Crippen molar-refractivity contribution in [3.63, 3.8) is 0 Å². The fourth-order valence-corrected chi connectivity index (χ4v) is 3.88. The summed E-state index contributed by atoms with van der Waals surface area (Å²) in [5.41, 5.74) is 2.97. The Morgan fingerprint density at radius 1 is 1.06 bits per heavy atom. The number of halogens is 1.